The van der Waals surface area contributed by atoms with E-state index >= 15 is 0 Å². The molecular formula is C14H19ClN2O2S. The first-order valence-corrected chi connectivity index (χ1v) is 7.23. The number of hydrogen-bond donors (Lipinski definition) is 2. The number of methoxy groups -OCH3 is 1. The Balaban J connectivity index is 2.08. The Morgan fingerprint density at radius 1 is 1.25 bits per heavy atom. The molecule has 110 valence electrons. The third-order valence-corrected chi connectivity index (χ3v) is 3.22. The predicted molar refractivity (Wildman–Crippen MR) is 85.0 cm³/mol. The molecule has 0 aliphatic heterocycles. The van der Waals surface area contributed by atoms with Crippen LogP contribution in [0.2, 0.25) is 5.02 Å². The zero-order chi connectivity index (χ0) is 14.8. The summed E-state index contributed by atoms with van der Waals surface area (Å²) >= 11 is 11.0. The molecule has 0 saturated heterocycles. The van der Waals surface area contributed by atoms with Crippen LogP contribution in [0.25, 0.3) is 0 Å². The average molecular weight is 315 g/mol. The number of carbonyl (C=O) groups excluding carboxylic acids is 1. The van der Waals surface area contributed by atoms with Gasteiger partial charge in [-0.25, -0.2) is 0 Å². The van der Waals surface area contributed by atoms with Crippen molar-refractivity contribution < 1.29 is 9.53 Å². The van der Waals surface area contributed by atoms with Gasteiger partial charge in [-0.3, -0.25) is 4.79 Å². The maximum absolute atomic E-state index is 10.9. The predicted octanol–water partition coefficient (Wildman–Crippen LogP) is 2.30. The van der Waals surface area contributed by atoms with Gasteiger partial charge in [0.2, 0.25) is 0 Å². The molecule has 1 aromatic rings. The molecule has 0 atom stereocenters. The van der Waals surface area contributed by atoms with Gasteiger partial charge in [0.25, 0.3) is 0 Å². The Bertz CT molecular complexity index is 437. The summed E-state index contributed by atoms with van der Waals surface area (Å²) in [7, 11) is 1.39. The van der Waals surface area contributed by atoms with Crippen LogP contribution in [-0.2, 0) is 16.0 Å². The minimum absolute atomic E-state index is 0.201. The van der Waals surface area contributed by atoms with E-state index in [1.54, 1.807) is 0 Å². The molecule has 0 fully saturated rings. The highest BCUT2D eigenvalue weighted by molar-refractivity contribution is 7.80. The van der Waals surface area contributed by atoms with Gasteiger partial charge >= 0.3 is 5.97 Å². The first-order chi connectivity index (χ1) is 9.61. The lowest BCUT2D eigenvalue weighted by molar-refractivity contribution is -0.140. The van der Waals surface area contributed by atoms with Gasteiger partial charge in [-0.05, 0) is 42.8 Å². The molecule has 0 heterocycles. The number of thiocarbonyl (C=S) groups is 1. The molecule has 0 saturated carbocycles. The fraction of sp³-hybridized carbons (Fsp3) is 0.429. The smallest absolute Gasteiger partial charge is 0.305 e. The summed E-state index contributed by atoms with van der Waals surface area (Å²) in [6.07, 6.45) is 1.98. The summed E-state index contributed by atoms with van der Waals surface area (Å²) in [4.78, 5) is 10.9. The maximum Gasteiger partial charge on any atom is 0.305 e. The molecular weight excluding hydrogens is 296 g/mol. The molecule has 2 N–H and O–H groups in total. The Labute approximate surface area is 129 Å². The van der Waals surface area contributed by atoms with Gasteiger partial charge < -0.3 is 15.4 Å². The SMILES string of the molecule is COC(=O)CCCNC(=S)NCCc1ccc(Cl)cc1. The lowest BCUT2D eigenvalue weighted by Gasteiger charge is -2.10. The van der Waals surface area contributed by atoms with Gasteiger partial charge in [0.05, 0.1) is 7.11 Å². The summed E-state index contributed by atoms with van der Waals surface area (Å²) in [6.45, 7) is 1.41. The molecule has 0 aromatic heterocycles. The third-order valence-electron chi connectivity index (χ3n) is 2.68. The van der Waals surface area contributed by atoms with E-state index in [1.165, 1.54) is 12.7 Å². The zero-order valence-corrected chi connectivity index (χ0v) is 13.0. The summed E-state index contributed by atoms with van der Waals surface area (Å²) in [5.74, 6) is -0.201. The molecule has 0 bridgehead atoms. The first-order valence-electron chi connectivity index (χ1n) is 6.45. The number of rotatable bonds is 7. The van der Waals surface area contributed by atoms with Crippen molar-refractivity contribution >= 4 is 34.9 Å². The van der Waals surface area contributed by atoms with Crippen molar-refractivity contribution in [1.29, 1.82) is 0 Å². The molecule has 1 rings (SSSR count). The lowest BCUT2D eigenvalue weighted by atomic mass is 10.1. The molecule has 1 aromatic carbocycles. The standard InChI is InChI=1S/C14H19ClN2O2S/c1-19-13(18)3-2-9-16-14(20)17-10-8-11-4-6-12(15)7-5-11/h4-7H,2-3,8-10H2,1H3,(H2,16,17,20). The van der Waals surface area contributed by atoms with Crippen LogP contribution in [0.3, 0.4) is 0 Å². The van der Waals surface area contributed by atoms with E-state index in [9.17, 15) is 4.79 Å². The van der Waals surface area contributed by atoms with Crippen molar-refractivity contribution in [2.24, 2.45) is 0 Å². The van der Waals surface area contributed by atoms with Gasteiger partial charge in [-0.15, -0.1) is 0 Å². The van der Waals surface area contributed by atoms with Gasteiger partial charge in [0.15, 0.2) is 5.11 Å². The monoisotopic (exact) mass is 314 g/mol. The van der Waals surface area contributed by atoms with Crippen LogP contribution in [0.15, 0.2) is 24.3 Å². The fourth-order valence-electron chi connectivity index (χ4n) is 1.57. The normalized spacial score (nSPS) is 9.90. The molecule has 6 heteroatoms. The zero-order valence-electron chi connectivity index (χ0n) is 11.4. The number of halogens is 1. The van der Waals surface area contributed by atoms with Crippen LogP contribution in [0.1, 0.15) is 18.4 Å². The van der Waals surface area contributed by atoms with Crippen LogP contribution in [0.5, 0.6) is 0 Å². The van der Waals surface area contributed by atoms with Gasteiger partial charge in [-0.1, -0.05) is 23.7 Å². The van der Waals surface area contributed by atoms with E-state index in [0.29, 0.717) is 24.5 Å². The average Bonchev–Trinajstić information content (AvgIpc) is 2.45. The number of nitrogens with one attached hydrogen (secondary N) is 2. The topological polar surface area (TPSA) is 50.4 Å². The Morgan fingerprint density at radius 3 is 2.55 bits per heavy atom. The third kappa shape index (κ3) is 7.31. The van der Waals surface area contributed by atoms with E-state index < -0.39 is 0 Å². The number of hydrogen-bond acceptors (Lipinski definition) is 3. The minimum Gasteiger partial charge on any atom is -0.469 e. The van der Waals surface area contributed by atoms with Gasteiger partial charge in [0.1, 0.15) is 0 Å². The number of esters is 1. The molecule has 0 amide bonds. The second-order valence-electron chi connectivity index (χ2n) is 4.24. The molecule has 4 nitrogen and oxygen atoms in total. The Morgan fingerprint density at radius 2 is 1.90 bits per heavy atom. The van der Waals surface area contributed by atoms with Crippen molar-refractivity contribution in [3.05, 3.63) is 34.9 Å². The van der Waals surface area contributed by atoms with Gasteiger partial charge in [0, 0.05) is 24.5 Å². The van der Waals surface area contributed by atoms with Crippen molar-refractivity contribution in [2.75, 3.05) is 20.2 Å². The van der Waals surface area contributed by atoms with E-state index in [-0.39, 0.29) is 5.97 Å². The fourth-order valence-corrected chi connectivity index (χ4v) is 1.90. The highest BCUT2D eigenvalue weighted by atomic mass is 35.5. The van der Waals surface area contributed by atoms with E-state index in [4.69, 9.17) is 23.8 Å². The molecule has 0 radical (unpaired) electrons. The summed E-state index contributed by atoms with van der Waals surface area (Å²) < 4.78 is 4.55. The van der Waals surface area contributed by atoms with Crippen molar-refractivity contribution in [2.45, 2.75) is 19.3 Å². The molecule has 0 aliphatic rings. The van der Waals surface area contributed by atoms with Crippen molar-refractivity contribution in [1.82, 2.24) is 10.6 Å². The van der Waals surface area contributed by atoms with Crippen molar-refractivity contribution in [3.63, 3.8) is 0 Å². The Hall–Kier alpha value is -1.33. The summed E-state index contributed by atoms with van der Waals surface area (Å²) in [5, 5.41) is 7.51. The number of benzene rings is 1. The van der Waals surface area contributed by atoms with Crippen LogP contribution in [0.4, 0.5) is 0 Å². The van der Waals surface area contributed by atoms with E-state index in [2.05, 4.69) is 15.4 Å². The largest absolute Gasteiger partial charge is 0.469 e. The second kappa shape index (κ2) is 9.55. The van der Waals surface area contributed by atoms with Crippen LogP contribution >= 0.6 is 23.8 Å². The quantitative estimate of drug-likeness (QED) is 0.459. The Kier molecular flexibility index (Phi) is 7.99. The minimum atomic E-state index is -0.201. The van der Waals surface area contributed by atoms with Crippen LogP contribution < -0.4 is 10.6 Å². The summed E-state index contributed by atoms with van der Waals surface area (Å²) in [6, 6.07) is 7.74. The number of carbonyl (C=O) groups is 1. The van der Waals surface area contributed by atoms with E-state index in [0.717, 1.165) is 18.0 Å². The first kappa shape index (κ1) is 16.7. The van der Waals surface area contributed by atoms with E-state index in [1.807, 2.05) is 24.3 Å². The highest BCUT2D eigenvalue weighted by Gasteiger charge is 2.00. The molecule has 0 aliphatic carbocycles. The lowest BCUT2D eigenvalue weighted by Crippen LogP contribution is -2.36. The highest BCUT2D eigenvalue weighted by Crippen LogP contribution is 2.09. The van der Waals surface area contributed by atoms with Crippen LogP contribution in [0, 0.1) is 0 Å². The van der Waals surface area contributed by atoms with Gasteiger partial charge in [-0.2, -0.15) is 0 Å². The maximum atomic E-state index is 10.9. The molecule has 20 heavy (non-hydrogen) atoms. The molecule has 0 unspecified atom stereocenters. The molecule has 0 spiro atoms. The summed E-state index contributed by atoms with van der Waals surface area (Å²) in [5.41, 5.74) is 1.20. The van der Waals surface area contributed by atoms with Crippen molar-refractivity contribution in [3.8, 4) is 0 Å². The number of ether oxygens (including phenoxy) is 1. The second-order valence-corrected chi connectivity index (χ2v) is 5.08. The van der Waals surface area contributed by atoms with Crippen LogP contribution in [-0.4, -0.2) is 31.3 Å².